The van der Waals surface area contributed by atoms with Gasteiger partial charge in [0.15, 0.2) is 0 Å². The summed E-state index contributed by atoms with van der Waals surface area (Å²) in [5.74, 6) is 2.35. The first-order valence-corrected chi connectivity index (χ1v) is 7.34. The number of hydrogen-bond acceptors (Lipinski definition) is 2. The molecule has 0 radical (unpaired) electrons. The van der Waals surface area contributed by atoms with Crippen LogP contribution in [0.2, 0.25) is 0 Å². The molecule has 2 heterocycles. The molecule has 102 valence electrons. The predicted molar refractivity (Wildman–Crippen MR) is 79.6 cm³/mol. The van der Waals surface area contributed by atoms with E-state index in [1.165, 1.54) is 29.7 Å². The molecule has 1 aromatic carbocycles. The normalized spacial score (nSPS) is 17.5. The topological polar surface area (TPSA) is 29.9 Å². The van der Waals surface area contributed by atoms with Gasteiger partial charge >= 0.3 is 0 Å². The van der Waals surface area contributed by atoms with Crippen LogP contribution >= 0.6 is 0 Å². The third kappa shape index (κ3) is 2.27. The van der Waals surface area contributed by atoms with Crippen LogP contribution in [0, 0.1) is 0 Å². The van der Waals surface area contributed by atoms with Crippen molar-refractivity contribution in [3.63, 3.8) is 0 Å². The van der Waals surface area contributed by atoms with Gasteiger partial charge in [-0.05, 0) is 49.5 Å². The number of piperidine rings is 1. The Labute approximate surface area is 115 Å². The molecule has 1 aliphatic rings. The van der Waals surface area contributed by atoms with Gasteiger partial charge in [-0.2, -0.15) is 0 Å². The fourth-order valence-corrected chi connectivity index (χ4v) is 3.16. The van der Waals surface area contributed by atoms with Crippen LogP contribution in [0.15, 0.2) is 18.2 Å². The standard InChI is InChI=1S/C16H23N3/c1-11(2)16-18-14-10-13(4-5-15(14)19(16)3)12-6-8-17-9-7-12/h4-5,10-12,17H,6-9H2,1-3H3. The van der Waals surface area contributed by atoms with Crippen molar-refractivity contribution in [3.05, 3.63) is 29.6 Å². The molecule has 0 amide bonds. The molecule has 1 aliphatic heterocycles. The van der Waals surface area contributed by atoms with E-state index in [4.69, 9.17) is 4.98 Å². The summed E-state index contributed by atoms with van der Waals surface area (Å²) >= 11 is 0. The molecule has 3 rings (SSSR count). The Morgan fingerprint density at radius 2 is 2.00 bits per heavy atom. The van der Waals surface area contributed by atoms with E-state index >= 15 is 0 Å². The van der Waals surface area contributed by atoms with E-state index in [1.807, 2.05) is 0 Å². The number of fused-ring (bicyclic) bond motifs is 1. The monoisotopic (exact) mass is 257 g/mol. The Balaban J connectivity index is 2.00. The van der Waals surface area contributed by atoms with Crippen LogP contribution in [-0.4, -0.2) is 22.6 Å². The average Bonchev–Trinajstić information content (AvgIpc) is 2.77. The van der Waals surface area contributed by atoms with Gasteiger partial charge in [-0.1, -0.05) is 19.9 Å². The van der Waals surface area contributed by atoms with Crippen LogP contribution in [0.4, 0.5) is 0 Å². The summed E-state index contributed by atoms with van der Waals surface area (Å²) in [6.45, 7) is 6.69. The summed E-state index contributed by atoms with van der Waals surface area (Å²) in [5.41, 5.74) is 3.87. The molecule has 1 N–H and O–H groups in total. The number of aryl methyl sites for hydroxylation is 1. The molecule has 0 unspecified atom stereocenters. The van der Waals surface area contributed by atoms with Crippen LogP contribution in [0.1, 0.15) is 49.9 Å². The fourth-order valence-electron chi connectivity index (χ4n) is 3.16. The maximum Gasteiger partial charge on any atom is 0.112 e. The van der Waals surface area contributed by atoms with Gasteiger partial charge in [-0.25, -0.2) is 4.98 Å². The van der Waals surface area contributed by atoms with E-state index in [0.29, 0.717) is 11.8 Å². The van der Waals surface area contributed by atoms with Crippen molar-refractivity contribution in [2.24, 2.45) is 7.05 Å². The van der Waals surface area contributed by atoms with Crippen LogP contribution in [0.25, 0.3) is 11.0 Å². The third-order valence-corrected chi connectivity index (χ3v) is 4.27. The molecule has 0 bridgehead atoms. The van der Waals surface area contributed by atoms with Gasteiger partial charge in [0.05, 0.1) is 11.0 Å². The highest BCUT2D eigenvalue weighted by molar-refractivity contribution is 5.77. The second-order valence-electron chi connectivity index (χ2n) is 5.96. The van der Waals surface area contributed by atoms with Gasteiger partial charge in [-0.3, -0.25) is 0 Å². The zero-order chi connectivity index (χ0) is 13.4. The van der Waals surface area contributed by atoms with Crippen molar-refractivity contribution in [2.45, 2.75) is 38.5 Å². The van der Waals surface area contributed by atoms with Gasteiger partial charge in [0.1, 0.15) is 5.82 Å². The molecule has 3 nitrogen and oxygen atoms in total. The zero-order valence-electron chi connectivity index (χ0n) is 12.1. The summed E-state index contributed by atoms with van der Waals surface area (Å²) in [6.07, 6.45) is 2.49. The van der Waals surface area contributed by atoms with Gasteiger partial charge in [0.2, 0.25) is 0 Å². The Bertz CT molecular complexity index is 577. The van der Waals surface area contributed by atoms with E-state index in [9.17, 15) is 0 Å². The minimum Gasteiger partial charge on any atom is -0.331 e. The number of nitrogens with zero attached hydrogens (tertiary/aromatic N) is 2. The zero-order valence-corrected chi connectivity index (χ0v) is 12.1. The first kappa shape index (κ1) is 12.7. The number of aromatic nitrogens is 2. The summed E-state index contributed by atoms with van der Waals surface area (Å²) in [4.78, 5) is 4.81. The van der Waals surface area contributed by atoms with Crippen molar-refractivity contribution in [1.29, 1.82) is 0 Å². The minimum atomic E-state index is 0.472. The predicted octanol–water partition coefficient (Wildman–Crippen LogP) is 3.16. The Hall–Kier alpha value is -1.35. The molecule has 0 aliphatic carbocycles. The van der Waals surface area contributed by atoms with E-state index in [-0.39, 0.29) is 0 Å². The van der Waals surface area contributed by atoms with Crippen LogP contribution in [0.3, 0.4) is 0 Å². The lowest BCUT2D eigenvalue weighted by Crippen LogP contribution is -2.26. The first-order chi connectivity index (χ1) is 9.16. The van der Waals surface area contributed by atoms with Crippen molar-refractivity contribution < 1.29 is 0 Å². The lowest BCUT2D eigenvalue weighted by Gasteiger charge is -2.22. The molecular weight excluding hydrogens is 234 g/mol. The minimum absolute atomic E-state index is 0.472. The van der Waals surface area contributed by atoms with E-state index in [2.05, 4.69) is 49.0 Å². The second-order valence-corrected chi connectivity index (χ2v) is 5.96. The molecule has 1 aromatic heterocycles. The summed E-state index contributed by atoms with van der Waals surface area (Å²) in [5, 5.41) is 3.43. The molecule has 0 atom stereocenters. The van der Waals surface area contributed by atoms with Crippen LogP contribution in [-0.2, 0) is 7.05 Å². The highest BCUT2D eigenvalue weighted by Crippen LogP contribution is 2.29. The van der Waals surface area contributed by atoms with Crippen molar-refractivity contribution in [2.75, 3.05) is 13.1 Å². The lowest BCUT2D eigenvalue weighted by molar-refractivity contribution is 0.460. The summed E-state index contributed by atoms with van der Waals surface area (Å²) < 4.78 is 2.23. The Morgan fingerprint density at radius 1 is 1.26 bits per heavy atom. The van der Waals surface area contributed by atoms with Crippen molar-refractivity contribution in [3.8, 4) is 0 Å². The number of rotatable bonds is 2. The molecule has 0 spiro atoms. The molecule has 0 saturated carbocycles. The molecular formula is C16H23N3. The van der Waals surface area contributed by atoms with Crippen LogP contribution < -0.4 is 5.32 Å². The fraction of sp³-hybridized carbons (Fsp3) is 0.562. The summed E-state index contributed by atoms with van der Waals surface area (Å²) in [6, 6.07) is 6.84. The van der Waals surface area contributed by atoms with Gasteiger partial charge in [0, 0.05) is 13.0 Å². The van der Waals surface area contributed by atoms with Crippen molar-refractivity contribution >= 4 is 11.0 Å². The van der Waals surface area contributed by atoms with E-state index in [0.717, 1.165) is 18.6 Å². The van der Waals surface area contributed by atoms with Gasteiger partial charge in [-0.15, -0.1) is 0 Å². The first-order valence-electron chi connectivity index (χ1n) is 7.34. The van der Waals surface area contributed by atoms with Crippen molar-refractivity contribution in [1.82, 2.24) is 14.9 Å². The quantitative estimate of drug-likeness (QED) is 0.895. The lowest BCUT2D eigenvalue weighted by atomic mass is 9.90. The second kappa shape index (κ2) is 4.97. The smallest absolute Gasteiger partial charge is 0.112 e. The largest absolute Gasteiger partial charge is 0.331 e. The third-order valence-electron chi connectivity index (χ3n) is 4.27. The SMILES string of the molecule is CC(C)c1nc2cc(C3CCNCC3)ccc2n1C. The molecule has 2 aromatic rings. The van der Waals surface area contributed by atoms with E-state index < -0.39 is 0 Å². The molecule has 19 heavy (non-hydrogen) atoms. The molecule has 3 heteroatoms. The van der Waals surface area contributed by atoms with Gasteiger partial charge < -0.3 is 9.88 Å². The Morgan fingerprint density at radius 3 is 2.68 bits per heavy atom. The maximum absolute atomic E-state index is 4.81. The Kier molecular flexibility index (Phi) is 3.31. The molecule has 1 saturated heterocycles. The van der Waals surface area contributed by atoms with Crippen LogP contribution in [0.5, 0.6) is 0 Å². The highest BCUT2D eigenvalue weighted by Gasteiger charge is 2.17. The maximum atomic E-state index is 4.81. The number of imidazole rings is 1. The highest BCUT2D eigenvalue weighted by atomic mass is 15.1. The molecule has 1 fully saturated rings. The number of benzene rings is 1. The van der Waals surface area contributed by atoms with Gasteiger partial charge in [0.25, 0.3) is 0 Å². The summed E-state index contributed by atoms with van der Waals surface area (Å²) in [7, 11) is 2.12. The number of nitrogens with one attached hydrogen (secondary N) is 1. The number of hydrogen-bond donors (Lipinski definition) is 1. The average molecular weight is 257 g/mol. The van der Waals surface area contributed by atoms with E-state index in [1.54, 1.807) is 0 Å².